The van der Waals surface area contributed by atoms with E-state index >= 15 is 4.39 Å². The van der Waals surface area contributed by atoms with Crippen LogP contribution < -0.4 is 25.2 Å². The van der Waals surface area contributed by atoms with E-state index in [0.29, 0.717) is 47.0 Å². The summed E-state index contributed by atoms with van der Waals surface area (Å²) < 4.78 is 65.3. The zero-order valence-electron chi connectivity index (χ0n) is 38.3. The molecular weight excluding hydrogens is 921 g/mol. The van der Waals surface area contributed by atoms with Crippen molar-refractivity contribution in [3.8, 4) is 23.3 Å². The third kappa shape index (κ3) is 8.55. The summed E-state index contributed by atoms with van der Waals surface area (Å²) >= 11 is 0. The summed E-state index contributed by atoms with van der Waals surface area (Å²) in [4.78, 5) is 62.4. The number of benzene rings is 4. The molecule has 1 spiro atoms. The predicted molar refractivity (Wildman–Crippen MR) is 255 cm³/mol. The maximum Gasteiger partial charge on any atom is 0.301 e. The van der Waals surface area contributed by atoms with Crippen molar-refractivity contribution >= 4 is 50.2 Å². The van der Waals surface area contributed by atoms with Crippen LogP contribution in [-0.2, 0) is 26.3 Å². The van der Waals surface area contributed by atoms with Crippen LogP contribution in [0.1, 0.15) is 84.3 Å². The Bertz CT molecular complexity index is 3170. The third-order valence-electron chi connectivity index (χ3n) is 15.4. The fourth-order valence-electron chi connectivity index (χ4n) is 11.7. The molecule has 16 nitrogen and oxygen atoms in total. The second kappa shape index (κ2) is 17.9. The number of fused-ring (bicyclic) bond motifs is 2. The molecule has 5 aromatic rings. The van der Waals surface area contributed by atoms with Gasteiger partial charge in [0.05, 0.1) is 22.3 Å². The van der Waals surface area contributed by atoms with Crippen molar-refractivity contribution in [3.05, 3.63) is 118 Å². The van der Waals surface area contributed by atoms with Crippen molar-refractivity contribution in [2.24, 2.45) is 11.3 Å². The minimum absolute atomic E-state index is 0.0260. The van der Waals surface area contributed by atoms with Gasteiger partial charge in [0.25, 0.3) is 11.5 Å². The maximum absolute atomic E-state index is 15.2. The minimum Gasteiger partial charge on any atom is -0.453 e. The molecule has 5 fully saturated rings. The van der Waals surface area contributed by atoms with Gasteiger partial charge < -0.3 is 19.4 Å². The van der Waals surface area contributed by atoms with Crippen LogP contribution in [0.4, 0.5) is 20.2 Å². The Morgan fingerprint density at radius 1 is 0.900 bits per heavy atom. The monoisotopic (exact) mass is 971 g/mol. The lowest BCUT2D eigenvalue weighted by molar-refractivity contribution is -0.136. The lowest BCUT2D eigenvalue weighted by Gasteiger charge is -2.53. The van der Waals surface area contributed by atoms with Crippen LogP contribution in [0, 0.1) is 28.5 Å². The molecule has 3 amide bonds. The molecule has 4 saturated heterocycles. The van der Waals surface area contributed by atoms with Crippen LogP contribution in [-0.4, -0.2) is 108 Å². The van der Waals surface area contributed by atoms with Crippen LogP contribution in [0.2, 0.25) is 0 Å². The van der Waals surface area contributed by atoms with E-state index in [1.807, 2.05) is 30.3 Å². The molecular formula is C51H51F2N9O7S. The molecule has 19 heteroatoms. The molecule has 362 valence electrons. The average molecular weight is 972 g/mol. The topological polar surface area (TPSA) is 190 Å². The molecule has 11 rings (SSSR count). The quantitative estimate of drug-likeness (QED) is 0.145. The van der Waals surface area contributed by atoms with Crippen molar-refractivity contribution in [3.63, 3.8) is 0 Å². The highest BCUT2D eigenvalue weighted by molar-refractivity contribution is 7.90. The Labute approximate surface area is 403 Å². The number of imide groups is 1. The first-order valence-corrected chi connectivity index (χ1v) is 25.4. The summed E-state index contributed by atoms with van der Waals surface area (Å²) in [5, 5.41) is 12.5. The van der Waals surface area contributed by atoms with Crippen molar-refractivity contribution in [2.75, 3.05) is 55.4 Å². The predicted octanol–water partition coefficient (Wildman–Crippen LogP) is 6.14. The molecule has 1 saturated carbocycles. The fraction of sp³-hybridized carbons (Fsp3) is 0.412. The van der Waals surface area contributed by atoms with Gasteiger partial charge in [-0.1, -0.05) is 12.1 Å². The number of anilines is 2. The molecule has 3 atom stereocenters. The van der Waals surface area contributed by atoms with Gasteiger partial charge in [-0.05, 0) is 141 Å². The second-order valence-electron chi connectivity index (χ2n) is 19.8. The van der Waals surface area contributed by atoms with Crippen LogP contribution >= 0.6 is 0 Å². The summed E-state index contributed by atoms with van der Waals surface area (Å²) in [6.45, 7) is 5.04. The molecule has 6 heterocycles. The number of likely N-dealkylation sites (tertiary alicyclic amines) is 1. The largest absolute Gasteiger partial charge is 0.453 e. The number of nitrogens with one attached hydrogen (secondary N) is 2. The molecule has 4 aromatic carbocycles. The number of alkyl halides is 1. The van der Waals surface area contributed by atoms with E-state index in [1.165, 1.54) is 41.4 Å². The maximum atomic E-state index is 15.2. The van der Waals surface area contributed by atoms with Crippen molar-refractivity contribution in [1.82, 2.24) is 29.0 Å². The summed E-state index contributed by atoms with van der Waals surface area (Å²) in [5.74, 6) is -1.25. The Morgan fingerprint density at radius 3 is 2.43 bits per heavy atom. The molecule has 1 unspecified atom stereocenters. The number of ether oxygens (including phenoxy) is 1. The number of nitrogens with zero attached hydrogens (tertiary/aromatic N) is 7. The van der Waals surface area contributed by atoms with E-state index in [2.05, 4.69) is 43.0 Å². The van der Waals surface area contributed by atoms with Gasteiger partial charge in [-0.15, -0.1) is 0 Å². The van der Waals surface area contributed by atoms with E-state index in [1.54, 1.807) is 11.0 Å². The normalized spacial score (nSPS) is 22.9. The van der Waals surface area contributed by atoms with Gasteiger partial charge in [-0.2, -0.15) is 18.0 Å². The van der Waals surface area contributed by atoms with Gasteiger partial charge in [-0.25, -0.2) is 13.8 Å². The smallest absolute Gasteiger partial charge is 0.301 e. The van der Waals surface area contributed by atoms with Gasteiger partial charge in [0, 0.05) is 63.5 Å². The molecule has 70 heavy (non-hydrogen) atoms. The number of piperidine rings is 2. The minimum atomic E-state index is -4.24. The van der Waals surface area contributed by atoms with Crippen molar-refractivity contribution in [1.29, 1.82) is 5.26 Å². The summed E-state index contributed by atoms with van der Waals surface area (Å²) in [6.07, 6.45) is 6.56. The molecule has 1 aromatic heterocycles. The van der Waals surface area contributed by atoms with Gasteiger partial charge in [-0.3, -0.25) is 33.8 Å². The Kier molecular flexibility index (Phi) is 11.7. The van der Waals surface area contributed by atoms with Gasteiger partial charge in [0.15, 0.2) is 11.6 Å². The Morgan fingerprint density at radius 2 is 1.69 bits per heavy atom. The summed E-state index contributed by atoms with van der Waals surface area (Å²) in [6, 6.07) is 21.6. The van der Waals surface area contributed by atoms with Crippen molar-refractivity contribution < 1.29 is 36.3 Å². The van der Waals surface area contributed by atoms with Gasteiger partial charge in [0.1, 0.15) is 35.9 Å². The first-order valence-electron chi connectivity index (χ1n) is 23.9. The lowest BCUT2D eigenvalue weighted by atomic mass is 9.57. The lowest BCUT2D eigenvalue weighted by Crippen LogP contribution is -2.52. The van der Waals surface area contributed by atoms with E-state index < -0.39 is 45.5 Å². The number of carbonyl (C=O) groups excluding carboxylic acids is 3. The standard InChI is InChI=1S/C51H51F2N9O7S/c52-35-14-18-60(29-35)70(67,68)57-44-10-8-42(53)47(41(44)25-54)69-38-6-9-43-40(22-38)50(66)62(30-55-43)36-3-1-32(2-4-36)33-13-17-58(27-33)26-31-23-51(24-31)15-19-59(20-16-51)37-5-7-39-34(21-37)28-61(49(39)65)45-11-12-46(63)56-48(45)64/h1-10,21-22,30-31,33,35,45,57H,11-20,23-24,26-29H2,(H,56,63,64)/t33?,35-,45+/m1/s1. The third-order valence-corrected chi connectivity index (χ3v) is 16.9. The van der Waals surface area contributed by atoms with E-state index in [9.17, 15) is 37.2 Å². The number of halogens is 2. The summed E-state index contributed by atoms with van der Waals surface area (Å²) in [7, 11) is -4.24. The number of hydrogen-bond donors (Lipinski definition) is 2. The number of hydrogen-bond acceptors (Lipinski definition) is 11. The van der Waals surface area contributed by atoms with Gasteiger partial charge >= 0.3 is 10.2 Å². The number of amides is 3. The van der Waals surface area contributed by atoms with Crippen LogP contribution in [0.15, 0.2) is 83.9 Å². The van der Waals surface area contributed by atoms with Gasteiger partial charge in [0.2, 0.25) is 11.8 Å². The molecule has 2 N–H and O–H groups in total. The van der Waals surface area contributed by atoms with E-state index in [0.717, 1.165) is 79.7 Å². The number of aromatic nitrogens is 2. The molecule has 1 aliphatic carbocycles. The highest BCUT2D eigenvalue weighted by Gasteiger charge is 2.47. The second-order valence-corrected chi connectivity index (χ2v) is 21.5. The summed E-state index contributed by atoms with van der Waals surface area (Å²) in [5.41, 5.74) is 4.20. The van der Waals surface area contributed by atoms with Crippen LogP contribution in [0.25, 0.3) is 16.6 Å². The van der Waals surface area contributed by atoms with Crippen LogP contribution in [0.5, 0.6) is 11.5 Å². The molecule has 6 aliphatic rings. The number of nitriles is 1. The average Bonchev–Trinajstić information content (AvgIpc) is 4.09. The Balaban J connectivity index is 0.683. The first kappa shape index (κ1) is 45.7. The number of rotatable bonds is 11. The van der Waals surface area contributed by atoms with E-state index in [4.69, 9.17) is 4.74 Å². The number of carbonyl (C=O) groups is 3. The van der Waals surface area contributed by atoms with Crippen LogP contribution in [0.3, 0.4) is 0 Å². The van der Waals surface area contributed by atoms with E-state index in [-0.39, 0.29) is 60.1 Å². The highest BCUT2D eigenvalue weighted by Crippen LogP contribution is 2.53. The Hall–Kier alpha value is -6.75. The zero-order valence-corrected chi connectivity index (χ0v) is 39.1. The molecule has 0 bridgehead atoms. The first-order chi connectivity index (χ1) is 33.7. The zero-order chi connectivity index (χ0) is 48.5. The highest BCUT2D eigenvalue weighted by atomic mass is 32.2. The molecule has 0 radical (unpaired) electrons. The fourth-order valence-corrected chi connectivity index (χ4v) is 13.0. The van der Waals surface area contributed by atoms with Crippen molar-refractivity contribution in [2.45, 2.75) is 76.0 Å². The molecule has 5 aliphatic heterocycles. The SMILES string of the molecule is N#Cc1c(NS(=O)(=O)N2CC[C@@H](F)C2)ccc(F)c1Oc1ccc2ncn(-c3ccc(C4CCN(CC5CC6(CCN(c7ccc8c(c7)CN([C@H]7CCC(=O)NC7=O)C8=O)CC6)C5)C4)cc3)c(=O)c2c1.